The van der Waals surface area contributed by atoms with Gasteiger partial charge >= 0.3 is 0 Å². The molecule has 3 aromatic rings. The third kappa shape index (κ3) is 5.11. The number of hydrogen-bond donors (Lipinski definition) is 3. The molecule has 6 rings (SSSR count). The van der Waals surface area contributed by atoms with Crippen LogP contribution in [0.3, 0.4) is 0 Å². The largest absolute Gasteiger partial charge is 0.382 e. The van der Waals surface area contributed by atoms with E-state index in [-0.39, 0.29) is 17.2 Å². The van der Waals surface area contributed by atoms with Gasteiger partial charge in [0.15, 0.2) is 5.84 Å². The molecule has 0 bridgehead atoms. The van der Waals surface area contributed by atoms with Crippen molar-refractivity contribution < 1.29 is 4.79 Å². The number of para-hydroxylation sites is 1. The molecule has 1 aromatic heterocycles. The van der Waals surface area contributed by atoms with Crippen molar-refractivity contribution in [3.05, 3.63) is 100 Å². The maximum absolute atomic E-state index is 13.1. The van der Waals surface area contributed by atoms with Gasteiger partial charge in [0.1, 0.15) is 17.6 Å². The van der Waals surface area contributed by atoms with Gasteiger partial charge in [0, 0.05) is 23.3 Å². The molecule has 1 amide bonds. The first-order chi connectivity index (χ1) is 19.9. The van der Waals surface area contributed by atoms with E-state index in [2.05, 4.69) is 15.4 Å². The maximum atomic E-state index is 13.1. The highest BCUT2D eigenvalue weighted by Crippen LogP contribution is 2.44. The molecule has 1 unspecified atom stereocenters. The van der Waals surface area contributed by atoms with Gasteiger partial charge < -0.3 is 16.5 Å². The molecule has 1 fully saturated rings. The molecule has 9 heteroatoms. The Balaban J connectivity index is 1.20. The Bertz CT molecular complexity index is 1630. The molecule has 2 aromatic carbocycles. The first kappa shape index (κ1) is 26.4. The lowest BCUT2D eigenvalue weighted by Crippen LogP contribution is -2.39. The topological polar surface area (TPSA) is 129 Å². The van der Waals surface area contributed by atoms with Crippen LogP contribution < -0.4 is 16.6 Å². The zero-order valence-corrected chi connectivity index (χ0v) is 23.0. The van der Waals surface area contributed by atoms with Crippen LogP contribution in [-0.2, 0) is 0 Å². The Kier molecular flexibility index (Phi) is 7.09. The summed E-state index contributed by atoms with van der Waals surface area (Å²) in [5.41, 5.74) is 11.1. The van der Waals surface area contributed by atoms with Gasteiger partial charge in [-0.2, -0.15) is 5.10 Å². The number of fused-ring (bicyclic) bond motifs is 1. The number of nitrogens with zero attached hydrogens (tertiary/aromatic N) is 4. The van der Waals surface area contributed by atoms with E-state index in [0.29, 0.717) is 29.0 Å². The summed E-state index contributed by atoms with van der Waals surface area (Å²) in [5.74, 6) is 0.843. The van der Waals surface area contributed by atoms with Gasteiger partial charge in [-0.05, 0) is 98.4 Å². The zero-order chi connectivity index (χ0) is 28.5. The van der Waals surface area contributed by atoms with E-state index in [1.807, 2.05) is 66.5 Å². The van der Waals surface area contributed by atoms with E-state index in [1.54, 1.807) is 12.3 Å². The molecule has 208 valence electrons. The minimum atomic E-state index is -0.462. The van der Waals surface area contributed by atoms with Crippen molar-refractivity contribution in [2.75, 3.05) is 5.32 Å². The minimum Gasteiger partial charge on any atom is -0.382 e. The van der Waals surface area contributed by atoms with Gasteiger partial charge in [-0.15, -0.1) is 0 Å². The van der Waals surface area contributed by atoms with Crippen LogP contribution in [0, 0.1) is 17.2 Å². The molecule has 0 radical (unpaired) electrons. The molecule has 1 aliphatic carbocycles. The number of nitrogens with two attached hydrogens (primary N) is 1. The first-order valence-electron chi connectivity index (χ1n) is 14.0. The summed E-state index contributed by atoms with van der Waals surface area (Å²) in [6.07, 6.45) is 8.17. The number of amides is 1. The molecule has 1 atom stereocenters. The van der Waals surface area contributed by atoms with E-state index in [1.165, 1.54) is 17.0 Å². The summed E-state index contributed by atoms with van der Waals surface area (Å²) >= 11 is 0. The Hall–Kier alpha value is -4.79. The number of aliphatic imine (C=N–C) groups is 1. The minimum absolute atomic E-state index is 0.0663. The monoisotopic (exact) mass is 547 g/mol. The van der Waals surface area contributed by atoms with Crippen LogP contribution in [0.25, 0.3) is 11.3 Å². The summed E-state index contributed by atoms with van der Waals surface area (Å²) in [7, 11) is 0. The fraction of sp³-hybridized carbons (Fsp3) is 0.281. The number of hydrogen-bond acceptors (Lipinski definition) is 7. The molecule has 0 saturated heterocycles. The van der Waals surface area contributed by atoms with E-state index >= 15 is 0 Å². The number of carbonyl (C=O) groups is 1. The fourth-order valence-electron chi connectivity index (χ4n) is 6.29. The quantitative estimate of drug-likeness (QED) is 0.374. The lowest BCUT2D eigenvalue weighted by molar-refractivity contribution is 0.102. The second kappa shape index (κ2) is 11.0. The van der Waals surface area contributed by atoms with Gasteiger partial charge in [0.2, 0.25) is 0 Å². The number of anilines is 1. The number of carbonyl (C=O) groups excluding carboxylic acids is 1. The molecule has 3 aliphatic rings. The molecule has 9 nitrogen and oxygen atoms in total. The van der Waals surface area contributed by atoms with Crippen molar-refractivity contribution >= 4 is 35.1 Å². The van der Waals surface area contributed by atoms with E-state index in [4.69, 9.17) is 11.1 Å². The fourth-order valence-corrected chi connectivity index (χ4v) is 6.29. The molecule has 41 heavy (non-hydrogen) atoms. The van der Waals surface area contributed by atoms with Crippen LogP contribution in [0.15, 0.2) is 93.5 Å². The smallest absolute Gasteiger partial charge is 0.267 e. The summed E-state index contributed by atoms with van der Waals surface area (Å²) in [6.45, 7) is 1.91. The Morgan fingerprint density at radius 1 is 1.00 bits per heavy atom. The van der Waals surface area contributed by atoms with Gasteiger partial charge in [0.05, 0.1) is 6.04 Å². The van der Waals surface area contributed by atoms with Gasteiger partial charge in [-0.1, -0.05) is 30.3 Å². The van der Waals surface area contributed by atoms with Crippen molar-refractivity contribution in [1.82, 2.24) is 9.58 Å². The van der Waals surface area contributed by atoms with E-state index < -0.39 is 5.91 Å². The summed E-state index contributed by atoms with van der Waals surface area (Å²) in [5, 5.41) is 17.5. The average Bonchev–Trinajstić information content (AvgIpc) is 3.39. The van der Waals surface area contributed by atoms with Gasteiger partial charge in [-0.25, -0.2) is 4.99 Å². The van der Waals surface area contributed by atoms with E-state index in [9.17, 15) is 9.59 Å². The van der Waals surface area contributed by atoms with Crippen LogP contribution in [0.2, 0.25) is 0 Å². The lowest BCUT2D eigenvalue weighted by atomic mass is 9.76. The van der Waals surface area contributed by atoms with Gasteiger partial charge in [0.25, 0.3) is 11.5 Å². The number of amidine groups is 1. The highest BCUT2D eigenvalue weighted by molar-refractivity contribution is 6.08. The number of pyridine rings is 1. The molecule has 3 heterocycles. The number of rotatable bonds is 6. The second-order valence-corrected chi connectivity index (χ2v) is 10.9. The average molecular weight is 548 g/mol. The van der Waals surface area contributed by atoms with Gasteiger partial charge in [-0.3, -0.25) is 19.2 Å². The maximum Gasteiger partial charge on any atom is 0.267 e. The highest BCUT2D eigenvalue weighted by atomic mass is 16.2. The van der Waals surface area contributed by atoms with Crippen molar-refractivity contribution in [2.45, 2.75) is 45.1 Å². The third-order valence-electron chi connectivity index (χ3n) is 8.50. The molecule has 0 spiro atoms. The van der Waals surface area contributed by atoms with Crippen molar-refractivity contribution in [1.29, 1.82) is 5.41 Å². The Morgan fingerprint density at radius 2 is 1.73 bits per heavy atom. The van der Waals surface area contributed by atoms with Crippen molar-refractivity contribution in [3.8, 4) is 5.69 Å². The van der Waals surface area contributed by atoms with E-state index in [0.717, 1.165) is 54.6 Å². The third-order valence-corrected chi connectivity index (χ3v) is 8.50. The Morgan fingerprint density at radius 3 is 2.44 bits per heavy atom. The number of hydrazone groups is 1. The van der Waals surface area contributed by atoms with Crippen molar-refractivity contribution in [3.63, 3.8) is 0 Å². The predicted octanol–water partition coefficient (Wildman–Crippen LogP) is 5.04. The summed E-state index contributed by atoms with van der Waals surface area (Å²) in [6, 6.07) is 20.3. The number of aromatic nitrogens is 1. The highest BCUT2D eigenvalue weighted by Gasteiger charge is 2.41. The molecule has 2 aliphatic heterocycles. The normalized spacial score (nSPS) is 21.8. The number of benzene rings is 2. The molecule has 1 saturated carbocycles. The number of nitrogens with one attached hydrogen (secondary N) is 2. The Labute approximate surface area is 238 Å². The van der Waals surface area contributed by atoms with Crippen LogP contribution in [0.5, 0.6) is 0 Å². The molecule has 4 N–H and O–H groups in total. The van der Waals surface area contributed by atoms with Crippen LogP contribution in [-0.4, -0.2) is 39.4 Å². The predicted molar refractivity (Wildman–Crippen MR) is 163 cm³/mol. The van der Waals surface area contributed by atoms with Crippen LogP contribution in [0.4, 0.5) is 5.69 Å². The summed E-state index contributed by atoms with van der Waals surface area (Å²) < 4.78 is 1.46. The second-order valence-electron chi connectivity index (χ2n) is 10.9. The lowest BCUT2D eigenvalue weighted by Gasteiger charge is -2.36. The molecular formula is C32H33N7O2. The van der Waals surface area contributed by atoms with Crippen molar-refractivity contribution in [2.24, 2.45) is 27.7 Å². The molecular weight excluding hydrogens is 514 g/mol. The standard InChI is InChI=1S/C32H33N7O2/c1-20(33)21-9-11-23(12-10-21)28-18-27(29-30(34)35-19-36-39(28)29)22-13-15-24(16-14-22)37-31(40)26-8-5-17-38(32(26)41)25-6-3-2-4-7-25/h2-8,13-17,19,21,23,28,33H,9-12,18H2,1H3,(H,37,40)(H2,34,35,36)/t21-,23+,28?. The van der Waals surface area contributed by atoms with Crippen LogP contribution in [0.1, 0.15) is 54.9 Å². The first-order valence-corrected chi connectivity index (χ1v) is 14.0. The van der Waals surface area contributed by atoms with Crippen LogP contribution >= 0.6 is 0 Å². The zero-order valence-electron chi connectivity index (χ0n) is 23.0. The SMILES string of the molecule is CC(=N)[C@H]1CC[C@@H](C2CC(c3ccc(NC(=O)c4cccn(-c5ccccc5)c4=O)cc3)=C3C(N)=NC=NN32)CC1. The summed E-state index contributed by atoms with van der Waals surface area (Å²) in [4.78, 5) is 30.4.